The SMILES string of the molecule is CNC(=O)C(C)N1CCC(CC(=O)O)C1. The van der Waals surface area contributed by atoms with Crippen LogP contribution in [0.5, 0.6) is 0 Å². The highest BCUT2D eigenvalue weighted by atomic mass is 16.4. The summed E-state index contributed by atoms with van der Waals surface area (Å²) in [6.07, 6.45) is 1.07. The average Bonchev–Trinajstić information content (AvgIpc) is 2.63. The van der Waals surface area contributed by atoms with Crippen LogP contribution >= 0.6 is 0 Å². The summed E-state index contributed by atoms with van der Waals surface area (Å²) < 4.78 is 0. The molecular formula is C10H18N2O3. The lowest BCUT2D eigenvalue weighted by molar-refractivity contribution is -0.138. The maximum atomic E-state index is 11.4. The zero-order chi connectivity index (χ0) is 11.4. The van der Waals surface area contributed by atoms with Crippen molar-refractivity contribution >= 4 is 11.9 Å². The standard InChI is InChI=1S/C10H18N2O3/c1-7(10(15)11-2)12-4-3-8(6-12)5-9(13)14/h7-8H,3-6H2,1-2H3,(H,11,15)(H,13,14). The minimum atomic E-state index is -0.755. The third-order valence-electron chi connectivity index (χ3n) is 2.95. The quantitative estimate of drug-likeness (QED) is 0.686. The maximum Gasteiger partial charge on any atom is 0.303 e. The van der Waals surface area contributed by atoms with Crippen LogP contribution in [0.2, 0.25) is 0 Å². The summed E-state index contributed by atoms with van der Waals surface area (Å²) in [7, 11) is 1.61. The molecule has 0 aromatic rings. The number of likely N-dealkylation sites (tertiary alicyclic amines) is 1. The summed E-state index contributed by atoms with van der Waals surface area (Å²) in [4.78, 5) is 23.9. The minimum absolute atomic E-state index is 0.00836. The van der Waals surface area contributed by atoms with Gasteiger partial charge in [0.25, 0.3) is 0 Å². The zero-order valence-electron chi connectivity index (χ0n) is 9.19. The Labute approximate surface area is 89.4 Å². The number of amides is 1. The van der Waals surface area contributed by atoms with Crippen molar-refractivity contribution in [2.24, 2.45) is 5.92 Å². The lowest BCUT2D eigenvalue weighted by Crippen LogP contribution is -2.42. The van der Waals surface area contributed by atoms with Crippen molar-refractivity contribution in [2.45, 2.75) is 25.8 Å². The zero-order valence-corrected chi connectivity index (χ0v) is 9.19. The largest absolute Gasteiger partial charge is 0.481 e. The molecule has 5 nitrogen and oxygen atoms in total. The van der Waals surface area contributed by atoms with Gasteiger partial charge in [0.2, 0.25) is 5.91 Å². The van der Waals surface area contributed by atoms with Crippen LogP contribution in [0.4, 0.5) is 0 Å². The average molecular weight is 214 g/mol. The molecule has 0 spiro atoms. The Balaban J connectivity index is 2.41. The van der Waals surface area contributed by atoms with E-state index in [0.29, 0.717) is 6.54 Å². The number of carboxylic acids is 1. The van der Waals surface area contributed by atoms with Gasteiger partial charge in [-0.2, -0.15) is 0 Å². The number of carbonyl (C=O) groups excluding carboxylic acids is 1. The first kappa shape index (κ1) is 12.0. The molecule has 1 rings (SSSR count). The normalized spacial score (nSPS) is 23.7. The summed E-state index contributed by atoms with van der Waals surface area (Å²) >= 11 is 0. The molecule has 0 radical (unpaired) electrons. The van der Waals surface area contributed by atoms with Gasteiger partial charge in [0, 0.05) is 20.0 Å². The van der Waals surface area contributed by atoms with Crippen molar-refractivity contribution in [3.8, 4) is 0 Å². The number of hydrogen-bond acceptors (Lipinski definition) is 3. The molecule has 2 unspecified atom stereocenters. The molecular weight excluding hydrogens is 196 g/mol. The van der Waals surface area contributed by atoms with Gasteiger partial charge in [0.1, 0.15) is 0 Å². The minimum Gasteiger partial charge on any atom is -0.481 e. The van der Waals surface area contributed by atoms with Crippen LogP contribution in [0.1, 0.15) is 19.8 Å². The first-order valence-electron chi connectivity index (χ1n) is 5.22. The summed E-state index contributed by atoms with van der Waals surface area (Å²) in [5, 5.41) is 11.3. The number of hydrogen-bond donors (Lipinski definition) is 2. The molecule has 0 aromatic carbocycles. The lowest BCUT2D eigenvalue weighted by atomic mass is 10.1. The molecule has 86 valence electrons. The van der Waals surface area contributed by atoms with E-state index >= 15 is 0 Å². The van der Waals surface area contributed by atoms with Gasteiger partial charge in [-0.15, -0.1) is 0 Å². The van der Waals surface area contributed by atoms with Gasteiger partial charge in [0.05, 0.1) is 6.04 Å². The van der Waals surface area contributed by atoms with E-state index in [9.17, 15) is 9.59 Å². The lowest BCUT2D eigenvalue weighted by Gasteiger charge is -2.22. The van der Waals surface area contributed by atoms with Crippen molar-refractivity contribution in [1.29, 1.82) is 0 Å². The highest BCUT2D eigenvalue weighted by Crippen LogP contribution is 2.21. The Bertz CT molecular complexity index is 255. The van der Waals surface area contributed by atoms with E-state index in [1.807, 2.05) is 11.8 Å². The van der Waals surface area contributed by atoms with Crippen LogP contribution in [0.25, 0.3) is 0 Å². The first-order valence-corrected chi connectivity index (χ1v) is 5.22. The molecule has 1 saturated heterocycles. The fraction of sp³-hybridized carbons (Fsp3) is 0.800. The molecule has 15 heavy (non-hydrogen) atoms. The molecule has 0 bridgehead atoms. The highest BCUT2D eigenvalue weighted by molar-refractivity contribution is 5.81. The topological polar surface area (TPSA) is 69.6 Å². The van der Waals surface area contributed by atoms with Gasteiger partial charge in [-0.3, -0.25) is 14.5 Å². The predicted octanol–water partition coefficient (Wildman–Crippen LogP) is -0.0825. The Hall–Kier alpha value is -1.10. The maximum absolute atomic E-state index is 11.4. The second-order valence-electron chi connectivity index (χ2n) is 4.04. The van der Waals surface area contributed by atoms with Gasteiger partial charge in [-0.05, 0) is 25.8 Å². The molecule has 1 amide bonds. The fourth-order valence-corrected chi connectivity index (χ4v) is 2.00. The number of likely N-dealkylation sites (N-methyl/N-ethyl adjacent to an activating group) is 1. The molecule has 1 heterocycles. The molecule has 1 aliphatic heterocycles. The molecule has 0 aliphatic carbocycles. The van der Waals surface area contributed by atoms with Crippen LogP contribution in [-0.2, 0) is 9.59 Å². The summed E-state index contributed by atoms with van der Waals surface area (Å²) in [5.41, 5.74) is 0. The summed E-state index contributed by atoms with van der Waals surface area (Å²) in [5.74, 6) is -0.574. The highest BCUT2D eigenvalue weighted by Gasteiger charge is 2.29. The molecule has 2 N–H and O–H groups in total. The third kappa shape index (κ3) is 3.20. The van der Waals surface area contributed by atoms with Gasteiger partial charge in [-0.25, -0.2) is 0 Å². The third-order valence-corrected chi connectivity index (χ3v) is 2.95. The number of carbonyl (C=O) groups is 2. The molecule has 1 aliphatic rings. The van der Waals surface area contributed by atoms with E-state index in [1.165, 1.54) is 0 Å². The van der Waals surface area contributed by atoms with Crippen molar-refractivity contribution in [3.63, 3.8) is 0 Å². The second kappa shape index (κ2) is 5.11. The van der Waals surface area contributed by atoms with Crippen molar-refractivity contribution < 1.29 is 14.7 Å². The Morgan fingerprint density at radius 1 is 1.60 bits per heavy atom. The van der Waals surface area contributed by atoms with Gasteiger partial charge in [-0.1, -0.05) is 0 Å². The van der Waals surface area contributed by atoms with Crippen LogP contribution in [0.15, 0.2) is 0 Å². The van der Waals surface area contributed by atoms with Crippen LogP contribution in [0.3, 0.4) is 0 Å². The second-order valence-corrected chi connectivity index (χ2v) is 4.04. The van der Waals surface area contributed by atoms with Gasteiger partial charge in [0.15, 0.2) is 0 Å². The molecule has 0 aromatic heterocycles. The van der Waals surface area contributed by atoms with E-state index < -0.39 is 5.97 Å². The predicted molar refractivity (Wildman–Crippen MR) is 55.5 cm³/mol. The molecule has 0 saturated carbocycles. The Morgan fingerprint density at radius 2 is 2.27 bits per heavy atom. The smallest absolute Gasteiger partial charge is 0.303 e. The Morgan fingerprint density at radius 3 is 2.80 bits per heavy atom. The van der Waals surface area contributed by atoms with E-state index in [2.05, 4.69) is 5.32 Å². The van der Waals surface area contributed by atoms with Gasteiger partial charge >= 0.3 is 5.97 Å². The van der Waals surface area contributed by atoms with Crippen LogP contribution < -0.4 is 5.32 Å². The number of nitrogens with one attached hydrogen (secondary N) is 1. The number of aliphatic carboxylic acids is 1. The van der Waals surface area contributed by atoms with E-state index in [-0.39, 0.29) is 24.3 Å². The van der Waals surface area contributed by atoms with E-state index in [0.717, 1.165) is 13.0 Å². The van der Waals surface area contributed by atoms with Crippen LogP contribution in [0, 0.1) is 5.92 Å². The summed E-state index contributed by atoms with van der Waals surface area (Å²) in [6, 6.07) is -0.159. The van der Waals surface area contributed by atoms with E-state index in [1.54, 1.807) is 7.05 Å². The van der Waals surface area contributed by atoms with Gasteiger partial charge < -0.3 is 10.4 Å². The summed E-state index contributed by atoms with van der Waals surface area (Å²) in [6.45, 7) is 3.37. The van der Waals surface area contributed by atoms with Crippen molar-refractivity contribution in [2.75, 3.05) is 20.1 Å². The fourth-order valence-electron chi connectivity index (χ4n) is 2.00. The molecule has 5 heteroatoms. The number of carboxylic acid groups (broad SMARTS) is 1. The monoisotopic (exact) mass is 214 g/mol. The van der Waals surface area contributed by atoms with E-state index in [4.69, 9.17) is 5.11 Å². The van der Waals surface area contributed by atoms with Crippen LogP contribution in [-0.4, -0.2) is 48.1 Å². The van der Waals surface area contributed by atoms with Crippen molar-refractivity contribution in [3.05, 3.63) is 0 Å². The van der Waals surface area contributed by atoms with Crippen molar-refractivity contribution in [1.82, 2.24) is 10.2 Å². The molecule has 2 atom stereocenters. The molecule has 1 fully saturated rings. The Kier molecular flexibility index (Phi) is 4.08. The first-order chi connectivity index (χ1) is 7.04. The number of rotatable bonds is 4. The number of nitrogens with zero attached hydrogens (tertiary/aromatic N) is 1.